The zero-order valence-corrected chi connectivity index (χ0v) is 11.4. The molecule has 0 spiro atoms. The van der Waals surface area contributed by atoms with Crippen molar-refractivity contribution in [2.45, 2.75) is 0 Å². The molecule has 2 aromatic carbocycles. The molecule has 3 rings (SSSR count). The topological polar surface area (TPSA) is 52.0 Å². The SMILES string of the molecule is Nc1onc(-c2ccc(F)cc2)c1-c1cccc(Cl)c1F. The van der Waals surface area contributed by atoms with E-state index in [1.807, 2.05) is 0 Å². The smallest absolute Gasteiger partial charge is 0.230 e. The van der Waals surface area contributed by atoms with Crippen LogP contribution in [0.2, 0.25) is 5.02 Å². The summed E-state index contributed by atoms with van der Waals surface area (Å²) in [5.41, 5.74) is 7.11. The van der Waals surface area contributed by atoms with Gasteiger partial charge in [-0.1, -0.05) is 28.9 Å². The van der Waals surface area contributed by atoms with Crippen LogP contribution in [0.4, 0.5) is 14.7 Å². The fourth-order valence-electron chi connectivity index (χ4n) is 2.06. The molecule has 0 saturated heterocycles. The van der Waals surface area contributed by atoms with Gasteiger partial charge >= 0.3 is 0 Å². The van der Waals surface area contributed by atoms with Crippen molar-refractivity contribution in [3.63, 3.8) is 0 Å². The lowest BCUT2D eigenvalue weighted by Gasteiger charge is -2.05. The van der Waals surface area contributed by atoms with E-state index in [4.69, 9.17) is 21.9 Å². The Balaban J connectivity index is 2.22. The Labute approximate surface area is 123 Å². The number of benzene rings is 2. The number of nitrogens with zero attached hydrogens (tertiary/aromatic N) is 1. The molecule has 6 heteroatoms. The average Bonchev–Trinajstić information content (AvgIpc) is 2.85. The van der Waals surface area contributed by atoms with Crippen LogP contribution in [-0.4, -0.2) is 5.16 Å². The molecule has 0 aliphatic rings. The number of halogens is 3. The molecule has 1 aromatic heterocycles. The van der Waals surface area contributed by atoms with Gasteiger partial charge in [0, 0.05) is 11.1 Å². The Kier molecular flexibility index (Phi) is 3.35. The van der Waals surface area contributed by atoms with E-state index in [1.165, 1.54) is 36.4 Å². The number of anilines is 1. The van der Waals surface area contributed by atoms with Crippen LogP contribution in [0, 0.1) is 11.6 Å². The Bertz CT molecular complexity index is 800. The van der Waals surface area contributed by atoms with Crippen LogP contribution in [-0.2, 0) is 0 Å². The molecule has 1 heterocycles. The third-order valence-electron chi connectivity index (χ3n) is 3.06. The molecule has 0 amide bonds. The Morgan fingerprint density at radius 1 is 1.05 bits per heavy atom. The first-order valence-electron chi connectivity index (χ1n) is 6.03. The van der Waals surface area contributed by atoms with E-state index in [1.54, 1.807) is 6.07 Å². The second-order valence-corrected chi connectivity index (χ2v) is 4.79. The van der Waals surface area contributed by atoms with Gasteiger partial charge in [0.2, 0.25) is 5.88 Å². The molecule has 0 aliphatic heterocycles. The van der Waals surface area contributed by atoms with Crippen LogP contribution in [0.25, 0.3) is 22.4 Å². The normalized spacial score (nSPS) is 10.8. The molecule has 0 saturated carbocycles. The molecule has 21 heavy (non-hydrogen) atoms. The molecule has 0 bridgehead atoms. The average molecular weight is 307 g/mol. The van der Waals surface area contributed by atoms with Crippen LogP contribution in [0.15, 0.2) is 47.0 Å². The maximum atomic E-state index is 14.2. The summed E-state index contributed by atoms with van der Waals surface area (Å²) >= 11 is 5.79. The number of hydrogen-bond acceptors (Lipinski definition) is 3. The largest absolute Gasteiger partial charge is 0.367 e. The zero-order chi connectivity index (χ0) is 15.0. The van der Waals surface area contributed by atoms with E-state index in [0.717, 1.165) is 0 Å². The van der Waals surface area contributed by atoms with Gasteiger partial charge in [-0.05, 0) is 30.3 Å². The van der Waals surface area contributed by atoms with Crippen LogP contribution >= 0.6 is 11.6 Å². The van der Waals surface area contributed by atoms with Crippen molar-refractivity contribution in [2.75, 3.05) is 5.73 Å². The number of rotatable bonds is 2. The van der Waals surface area contributed by atoms with E-state index < -0.39 is 5.82 Å². The molecule has 0 unspecified atom stereocenters. The molecular weight excluding hydrogens is 298 g/mol. The first kappa shape index (κ1) is 13.6. The van der Waals surface area contributed by atoms with Crippen LogP contribution in [0.5, 0.6) is 0 Å². The van der Waals surface area contributed by atoms with Crippen molar-refractivity contribution in [3.8, 4) is 22.4 Å². The summed E-state index contributed by atoms with van der Waals surface area (Å²) in [6.45, 7) is 0. The Morgan fingerprint density at radius 2 is 1.76 bits per heavy atom. The quantitative estimate of drug-likeness (QED) is 0.757. The lowest BCUT2D eigenvalue weighted by atomic mass is 10.0. The van der Waals surface area contributed by atoms with Gasteiger partial charge in [0.25, 0.3) is 0 Å². The highest BCUT2D eigenvalue weighted by molar-refractivity contribution is 6.31. The van der Waals surface area contributed by atoms with Gasteiger partial charge in [0.15, 0.2) is 0 Å². The van der Waals surface area contributed by atoms with Crippen LogP contribution in [0.3, 0.4) is 0 Å². The fourth-order valence-corrected chi connectivity index (χ4v) is 2.24. The number of nitrogens with two attached hydrogens (primary N) is 1. The first-order valence-corrected chi connectivity index (χ1v) is 6.41. The second kappa shape index (κ2) is 5.18. The van der Waals surface area contributed by atoms with E-state index in [9.17, 15) is 8.78 Å². The maximum absolute atomic E-state index is 14.2. The van der Waals surface area contributed by atoms with E-state index >= 15 is 0 Å². The van der Waals surface area contributed by atoms with E-state index in [2.05, 4.69) is 5.16 Å². The van der Waals surface area contributed by atoms with Crippen LogP contribution in [0.1, 0.15) is 0 Å². The third kappa shape index (κ3) is 2.36. The van der Waals surface area contributed by atoms with Gasteiger partial charge in [-0.3, -0.25) is 0 Å². The predicted molar refractivity (Wildman–Crippen MR) is 76.7 cm³/mol. The summed E-state index contributed by atoms with van der Waals surface area (Å²) < 4.78 is 32.1. The Morgan fingerprint density at radius 3 is 2.48 bits per heavy atom. The van der Waals surface area contributed by atoms with Gasteiger partial charge in [-0.25, -0.2) is 8.78 Å². The third-order valence-corrected chi connectivity index (χ3v) is 3.35. The minimum Gasteiger partial charge on any atom is -0.367 e. The molecule has 0 fully saturated rings. The molecule has 3 nitrogen and oxygen atoms in total. The lowest BCUT2D eigenvalue weighted by Crippen LogP contribution is -1.91. The standard InChI is InChI=1S/C15H9ClF2N2O/c16-11-3-1-2-10(13(11)18)12-14(20-21-15(12)19)8-4-6-9(17)7-5-8/h1-7H,19H2. The molecule has 0 aliphatic carbocycles. The van der Waals surface area contributed by atoms with Crippen molar-refractivity contribution in [1.29, 1.82) is 0 Å². The van der Waals surface area contributed by atoms with Gasteiger partial charge in [0.05, 0.1) is 10.6 Å². The van der Waals surface area contributed by atoms with Gasteiger partial charge in [-0.15, -0.1) is 0 Å². The molecule has 3 aromatic rings. The first-order chi connectivity index (χ1) is 10.1. The van der Waals surface area contributed by atoms with Gasteiger partial charge in [-0.2, -0.15) is 0 Å². The highest BCUT2D eigenvalue weighted by atomic mass is 35.5. The highest BCUT2D eigenvalue weighted by Crippen LogP contribution is 2.38. The van der Waals surface area contributed by atoms with Crippen molar-refractivity contribution in [2.24, 2.45) is 0 Å². The number of hydrogen-bond donors (Lipinski definition) is 1. The summed E-state index contributed by atoms with van der Waals surface area (Å²) in [4.78, 5) is 0. The highest BCUT2D eigenvalue weighted by Gasteiger charge is 2.21. The van der Waals surface area contributed by atoms with E-state index in [0.29, 0.717) is 16.8 Å². The van der Waals surface area contributed by atoms with Crippen molar-refractivity contribution in [1.82, 2.24) is 5.16 Å². The van der Waals surface area contributed by atoms with Gasteiger partial charge < -0.3 is 10.3 Å². The molecule has 0 radical (unpaired) electrons. The maximum Gasteiger partial charge on any atom is 0.230 e. The number of aromatic nitrogens is 1. The molecule has 0 atom stereocenters. The van der Waals surface area contributed by atoms with Gasteiger partial charge in [0.1, 0.15) is 17.3 Å². The van der Waals surface area contributed by atoms with Crippen molar-refractivity contribution >= 4 is 17.5 Å². The summed E-state index contributed by atoms with van der Waals surface area (Å²) in [5.74, 6) is -1.03. The lowest BCUT2D eigenvalue weighted by molar-refractivity contribution is 0.439. The second-order valence-electron chi connectivity index (χ2n) is 4.38. The Hall–Kier alpha value is -2.40. The monoisotopic (exact) mass is 306 g/mol. The predicted octanol–water partition coefficient (Wildman–Crippen LogP) is 4.52. The minimum absolute atomic E-state index is 0.0295. The van der Waals surface area contributed by atoms with Crippen molar-refractivity contribution in [3.05, 3.63) is 59.1 Å². The van der Waals surface area contributed by atoms with Crippen molar-refractivity contribution < 1.29 is 13.3 Å². The molecule has 2 N–H and O–H groups in total. The molecule has 106 valence electrons. The summed E-state index contributed by atoms with van der Waals surface area (Å²) in [6.07, 6.45) is 0. The zero-order valence-electron chi connectivity index (χ0n) is 10.6. The summed E-state index contributed by atoms with van der Waals surface area (Å²) in [6, 6.07) is 10.1. The number of nitrogen functional groups attached to an aromatic ring is 1. The summed E-state index contributed by atoms with van der Waals surface area (Å²) in [5, 5.41) is 3.80. The minimum atomic E-state index is -0.613. The summed E-state index contributed by atoms with van der Waals surface area (Å²) in [7, 11) is 0. The van der Waals surface area contributed by atoms with Crippen LogP contribution < -0.4 is 5.73 Å². The fraction of sp³-hybridized carbons (Fsp3) is 0. The van der Waals surface area contributed by atoms with E-state index in [-0.39, 0.29) is 22.3 Å². The molecular formula is C15H9ClF2N2O.